The van der Waals surface area contributed by atoms with Crippen LogP contribution in [0.3, 0.4) is 0 Å². The maximum atomic E-state index is 12.1. The van der Waals surface area contributed by atoms with Crippen LogP contribution in [0.4, 0.5) is 4.79 Å². The molecule has 0 aromatic carbocycles. The van der Waals surface area contributed by atoms with Gasteiger partial charge in [0.05, 0.1) is 6.10 Å². The Bertz CT molecular complexity index is 409. The summed E-state index contributed by atoms with van der Waals surface area (Å²) < 4.78 is 10.8. The maximum absolute atomic E-state index is 12.1. The molecule has 0 bridgehead atoms. The number of carbonyl (C=O) groups excluding carboxylic acids is 2. The van der Waals surface area contributed by atoms with Gasteiger partial charge in [-0.3, -0.25) is 4.79 Å². The Labute approximate surface area is 138 Å². The number of ether oxygens (including phenoxy) is 2. The van der Waals surface area contributed by atoms with Crippen LogP contribution in [0.5, 0.6) is 0 Å². The molecule has 1 aliphatic carbocycles. The average molecular weight is 326 g/mol. The van der Waals surface area contributed by atoms with Crippen molar-refractivity contribution in [2.75, 3.05) is 13.2 Å². The van der Waals surface area contributed by atoms with Crippen molar-refractivity contribution in [2.24, 2.45) is 5.92 Å². The molecule has 2 N–H and O–H groups in total. The predicted octanol–water partition coefficient (Wildman–Crippen LogP) is 2.37. The Kier molecular flexibility index (Phi) is 6.27. The second-order valence-electron chi connectivity index (χ2n) is 7.57. The van der Waals surface area contributed by atoms with E-state index < -0.39 is 11.7 Å². The fourth-order valence-corrected chi connectivity index (χ4v) is 2.78. The molecule has 0 aromatic heterocycles. The van der Waals surface area contributed by atoms with Gasteiger partial charge in [0.1, 0.15) is 5.60 Å². The van der Waals surface area contributed by atoms with Crippen molar-refractivity contribution < 1.29 is 19.1 Å². The molecular formula is C17H30N2O4. The summed E-state index contributed by atoms with van der Waals surface area (Å²) in [5, 5.41) is 5.82. The smallest absolute Gasteiger partial charge is 0.407 e. The van der Waals surface area contributed by atoms with Gasteiger partial charge in [-0.25, -0.2) is 4.79 Å². The molecule has 0 aromatic rings. The summed E-state index contributed by atoms with van der Waals surface area (Å²) >= 11 is 0. The topological polar surface area (TPSA) is 76.7 Å². The predicted molar refractivity (Wildman–Crippen MR) is 87.1 cm³/mol. The number of hydrogen-bond donors (Lipinski definition) is 2. The second-order valence-corrected chi connectivity index (χ2v) is 7.57. The van der Waals surface area contributed by atoms with Crippen LogP contribution in [0.2, 0.25) is 0 Å². The number of hydrogen-bond acceptors (Lipinski definition) is 4. The first-order valence-electron chi connectivity index (χ1n) is 8.71. The van der Waals surface area contributed by atoms with Crippen LogP contribution in [0.15, 0.2) is 0 Å². The fraction of sp³-hybridized carbons (Fsp3) is 0.882. The zero-order chi connectivity index (χ0) is 16.9. The summed E-state index contributed by atoms with van der Waals surface area (Å²) in [6, 6.07) is -0.000449. The summed E-state index contributed by atoms with van der Waals surface area (Å²) in [6.45, 7) is 6.73. The van der Waals surface area contributed by atoms with Gasteiger partial charge in [0, 0.05) is 25.6 Å². The lowest BCUT2D eigenvalue weighted by molar-refractivity contribution is -0.122. The van der Waals surface area contributed by atoms with Crippen LogP contribution in [0.1, 0.15) is 59.3 Å². The Hall–Kier alpha value is -1.30. The van der Waals surface area contributed by atoms with E-state index in [-0.39, 0.29) is 18.1 Å². The van der Waals surface area contributed by atoms with E-state index in [1.54, 1.807) is 0 Å². The highest BCUT2D eigenvalue weighted by Crippen LogP contribution is 2.32. The maximum Gasteiger partial charge on any atom is 0.407 e. The first kappa shape index (κ1) is 18.0. The van der Waals surface area contributed by atoms with Gasteiger partial charge in [-0.05, 0) is 58.8 Å². The highest BCUT2D eigenvalue weighted by atomic mass is 16.6. The largest absolute Gasteiger partial charge is 0.444 e. The van der Waals surface area contributed by atoms with Crippen LogP contribution in [0.25, 0.3) is 0 Å². The van der Waals surface area contributed by atoms with E-state index in [2.05, 4.69) is 10.6 Å². The first-order valence-corrected chi connectivity index (χ1v) is 8.71. The highest BCUT2D eigenvalue weighted by Gasteiger charge is 2.33. The van der Waals surface area contributed by atoms with E-state index >= 15 is 0 Å². The summed E-state index contributed by atoms with van der Waals surface area (Å²) in [6.07, 6.45) is 5.43. The van der Waals surface area contributed by atoms with E-state index in [0.717, 1.165) is 38.7 Å². The first-order chi connectivity index (χ1) is 10.8. The van der Waals surface area contributed by atoms with Crippen LogP contribution < -0.4 is 10.6 Å². The van der Waals surface area contributed by atoms with Gasteiger partial charge < -0.3 is 20.1 Å². The molecule has 1 aliphatic heterocycles. The van der Waals surface area contributed by atoms with Crippen LogP contribution in [-0.4, -0.2) is 42.9 Å². The van der Waals surface area contributed by atoms with E-state index in [0.29, 0.717) is 18.9 Å². The molecule has 2 atom stereocenters. The van der Waals surface area contributed by atoms with Gasteiger partial charge in [0.25, 0.3) is 0 Å². The van der Waals surface area contributed by atoms with Crippen LogP contribution in [0, 0.1) is 5.92 Å². The van der Waals surface area contributed by atoms with Crippen LogP contribution >= 0.6 is 0 Å². The standard InChI is InChI=1S/C17H30N2O4/c1-17(2,3)23-16(21)18-11-14(12-6-7-12)19-15(20)9-8-13-5-4-10-22-13/h12-14H,4-11H2,1-3H3,(H,18,21)(H,19,20)/t13-,14+/m1/s1. The lowest BCUT2D eigenvalue weighted by atomic mass is 10.1. The second kappa shape index (κ2) is 7.99. The number of amides is 2. The number of carbonyl (C=O) groups is 2. The molecule has 1 saturated heterocycles. The third-order valence-corrected chi connectivity index (χ3v) is 4.12. The Morgan fingerprint density at radius 2 is 2.00 bits per heavy atom. The lowest BCUT2D eigenvalue weighted by Gasteiger charge is -2.22. The summed E-state index contributed by atoms with van der Waals surface area (Å²) in [7, 11) is 0. The van der Waals surface area contributed by atoms with Crippen molar-refractivity contribution in [3.05, 3.63) is 0 Å². The summed E-state index contributed by atoms with van der Waals surface area (Å²) in [5.74, 6) is 0.514. The summed E-state index contributed by atoms with van der Waals surface area (Å²) in [5.41, 5.74) is -0.510. The highest BCUT2D eigenvalue weighted by molar-refractivity contribution is 5.76. The van der Waals surface area contributed by atoms with Crippen molar-refractivity contribution in [1.82, 2.24) is 10.6 Å². The van der Waals surface area contributed by atoms with Gasteiger partial charge in [-0.15, -0.1) is 0 Å². The Balaban J connectivity index is 1.68. The van der Waals surface area contributed by atoms with Gasteiger partial charge in [0.2, 0.25) is 5.91 Å². The summed E-state index contributed by atoms with van der Waals surface area (Å²) in [4.78, 5) is 23.8. The third-order valence-electron chi connectivity index (χ3n) is 4.12. The minimum Gasteiger partial charge on any atom is -0.444 e. The Morgan fingerprint density at radius 1 is 1.26 bits per heavy atom. The molecular weight excluding hydrogens is 296 g/mol. The van der Waals surface area contributed by atoms with E-state index in [1.807, 2.05) is 20.8 Å². The molecule has 2 amide bonds. The number of alkyl carbamates (subject to hydrolysis) is 1. The van der Waals surface area contributed by atoms with Crippen molar-refractivity contribution in [3.63, 3.8) is 0 Å². The molecule has 2 fully saturated rings. The molecule has 2 aliphatic rings. The van der Waals surface area contributed by atoms with Gasteiger partial charge in [0.15, 0.2) is 0 Å². The third kappa shape index (κ3) is 7.20. The van der Waals surface area contributed by atoms with E-state index in [1.165, 1.54) is 0 Å². The van der Waals surface area contributed by atoms with Crippen molar-refractivity contribution in [1.29, 1.82) is 0 Å². The van der Waals surface area contributed by atoms with E-state index in [9.17, 15) is 9.59 Å². The molecule has 6 heteroatoms. The van der Waals surface area contributed by atoms with Crippen molar-refractivity contribution in [2.45, 2.75) is 77.0 Å². The van der Waals surface area contributed by atoms with Gasteiger partial charge in [-0.1, -0.05) is 0 Å². The Morgan fingerprint density at radius 3 is 2.57 bits per heavy atom. The van der Waals surface area contributed by atoms with Gasteiger partial charge >= 0.3 is 6.09 Å². The minimum atomic E-state index is -0.510. The molecule has 0 spiro atoms. The SMILES string of the molecule is CC(C)(C)OC(=O)NC[C@H](NC(=O)CC[C@H]1CCCO1)C1CC1. The molecule has 132 valence electrons. The molecule has 6 nitrogen and oxygen atoms in total. The fourth-order valence-electron chi connectivity index (χ4n) is 2.78. The lowest BCUT2D eigenvalue weighted by Crippen LogP contribution is -2.46. The number of rotatable bonds is 7. The molecule has 2 rings (SSSR count). The molecule has 1 heterocycles. The number of nitrogens with one attached hydrogen (secondary N) is 2. The minimum absolute atomic E-state index is 0.000449. The molecule has 23 heavy (non-hydrogen) atoms. The van der Waals surface area contributed by atoms with Crippen LogP contribution in [-0.2, 0) is 14.3 Å². The van der Waals surface area contributed by atoms with E-state index in [4.69, 9.17) is 9.47 Å². The van der Waals surface area contributed by atoms with Gasteiger partial charge in [-0.2, -0.15) is 0 Å². The van der Waals surface area contributed by atoms with Crippen molar-refractivity contribution >= 4 is 12.0 Å². The zero-order valence-corrected chi connectivity index (χ0v) is 14.5. The molecule has 1 saturated carbocycles. The van der Waals surface area contributed by atoms with Crippen molar-refractivity contribution in [3.8, 4) is 0 Å². The molecule has 0 unspecified atom stereocenters. The normalized spacial score (nSPS) is 22.5. The monoisotopic (exact) mass is 326 g/mol. The zero-order valence-electron chi connectivity index (χ0n) is 14.5. The quantitative estimate of drug-likeness (QED) is 0.753. The average Bonchev–Trinajstić information content (AvgIpc) is 3.15. The molecule has 0 radical (unpaired) electrons.